The molecule has 1 aromatic rings. The molecule has 0 N–H and O–H groups in total. The number of carbonyl (C=O) groups excluding carboxylic acids is 1. The fourth-order valence-electron chi connectivity index (χ4n) is 0.813. The highest BCUT2D eigenvalue weighted by molar-refractivity contribution is 5.89. The topological polar surface area (TPSA) is 48.4 Å². The van der Waals surface area contributed by atoms with Crippen LogP contribution in [0, 0.1) is 5.95 Å². The molecule has 0 atom stereocenters. The first-order chi connectivity index (χ1) is 6.17. The first-order valence-corrected chi connectivity index (χ1v) is 3.47. The van der Waals surface area contributed by atoms with E-state index < -0.39 is 11.9 Å². The van der Waals surface area contributed by atoms with Crippen molar-refractivity contribution in [1.82, 2.24) is 4.98 Å². The van der Waals surface area contributed by atoms with Gasteiger partial charge in [0, 0.05) is 12.1 Å². The van der Waals surface area contributed by atoms with Crippen LogP contribution in [0.25, 0.3) is 0 Å². The first kappa shape index (κ1) is 9.44. The second kappa shape index (κ2) is 3.84. The monoisotopic (exact) mass is 185 g/mol. The molecule has 0 unspecified atom stereocenters. The summed E-state index contributed by atoms with van der Waals surface area (Å²) in [7, 11) is 2.55. The van der Waals surface area contributed by atoms with Gasteiger partial charge in [-0.3, -0.25) is 0 Å². The lowest BCUT2D eigenvalue weighted by atomic mass is 10.3. The van der Waals surface area contributed by atoms with Gasteiger partial charge in [0.15, 0.2) is 0 Å². The summed E-state index contributed by atoms with van der Waals surface area (Å²) in [6.07, 6.45) is 0. The molecule has 1 heterocycles. The average Bonchev–Trinajstić information content (AvgIpc) is 2.15. The Morgan fingerprint density at radius 1 is 1.46 bits per heavy atom. The summed E-state index contributed by atoms with van der Waals surface area (Å²) < 4.78 is 21.8. The predicted molar refractivity (Wildman–Crippen MR) is 42.1 cm³/mol. The maximum atomic E-state index is 12.7. The van der Waals surface area contributed by atoms with Crippen LogP contribution >= 0.6 is 0 Å². The van der Waals surface area contributed by atoms with Crippen LogP contribution in [0.1, 0.15) is 10.4 Å². The molecule has 1 rings (SSSR count). The molecule has 0 aliphatic heterocycles. The number of esters is 1. The number of aromatic nitrogens is 1. The minimum absolute atomic E-state index is 0.0420. The summed E-state index contributed by atoms with van der Waals surface area (Å²) in [6.45, 7) is 0. The van der Waals surface area contributed by atoms with Gasteiger partial charge in [-0.1, -0.05) is 0 Å². The molecule has 0 fully saturated rings. The largest absolute Gasteiger partial charge is 0.481 e. The van der Waals surface area contributed by atoms with Crippen LogP contribution in [0.2, 0.25) is 0 Å². The van der Waals surface area contributed by atoms with E-state index in [0.29, 0.717) is 0 Å². The predicted octanol–water partition coefficient (Wildman–Crippen LogP) is 1.02. The van der Waals surface area contributed by atoms with Gasteiger partial charge in [-0.2, -0.15) is 9.37 Å². The van der Waals surface area contributed by atoms with E-state index in [1.165, 1.54) is 20.3 Å². The van der Waals surface area contributed by atoms with Gasteiger partial charge in [-0.25, -0.2) is 4.79 Å². The summed E-state index contributed by atoms with van der Waals surface area (Å²) in [4.78, 5) is 14.3. The van der Waals surface area contributed by atoms with E-state index in [-0.39, 0.29) is 11.4 Å². The maximum absolute atomic E-state index is 12.7. The van der Waals surface area contributed by atoms with Crippen molar-refractivity contribution < 1.29 is 18.7 Å². The maximum Gasteiger partial charge on any atom is 0.338 e. The van der Waals surface area contributed by atoms with Gasteiger partial charge in [-0.15, -0.1) is 0 Å². The molecule has 0 spiro atoms. The Morgan fingerprint density at radius 3 is 2.69 bits per heavy atom. The van der Waals surface area contributed by atoms with Crippen molar-refractivity contribution in [3.05, 3.63) is 23.6 Å². The van der Waals surface area contributed by atoms with Gasteiger partial charge in [0.25, 0.3) is 0 Å². The molecule has 70 valence electrons. The molecule has 0 radical (unpaired) electrons. The summed E-state index contributed by atoms with van der Waals surface area (Å²) in [5.41, 5.74) is 0.0758. The smallest absolute Gasteiger partial charge is 0.338 e. The van der Waals surface area contributed by atoms with Gasteiger partial charge in [0.1, 0.15) is 0 Å². The van der Waals surface area contributed by atoms with E-state index in [0.717, 1.165) is 6.07 Å². The van der Waals surface area contributed by atoms with Crippen LogP contribution in [0.15, 0.2) is 12.1 Å². The highest BCUT2D eigenvalue weighted by atomic mass is 19.1. The lowest BCUT2D eigenvalue weighted by Crippen LogP contribution is -2.03. The van der Waals surface area contributed by atoms with Crippen LogP contribution in [-0.2, 0) is 4.74 Å². The van der Waals surface area contributed by atoms with Crippen molar-refractivity contribution in [3.8, 4) is 5.88 Å². The van der Waals surface area contributed by atoms with Crippen LogP contribution in [0.3, 0.4) is 0 Å². The van der Waals surface area contributed by atoms with Crippen molar-refractivity contribution in [1.29, 1.82) is 0 Å². The molecule has 0 saturated heterocycles. The second-order valence-electron chi connectivity index (χ2n) is 2.21. The third kappa shape index (κ3) is 2.14. The van der Waals surface area contributed by atoms with Gasteiger partial charge < -0.3 is 9.47 Å². The molecular formula is C8H8FNO3. The minimum Gasteiger partial charge on any atom is -0.481 e. The number of hydrogen-bond donors (Lipinski definition) is 0. The Balaban J connectivity index is 3.08. The molecule has 5 heteroatoms. The van der Waals surface area contributed by atoms with Crippen LogP contribution < -0.4 is 4.74 Å². The van der Waals surface area contributed by atoms with Crippen molar-refractivity contribution in [2.24, 2.45) is 0 Å². The number of hydrogen-bond acceptors (Lipinski definition) is 4. The number of ether oxygens (including phenoxy) is 2. The van der Waals surface area contributed by atoms with E-state index in [4.69, 9.17) is 0 Å². The Kier molecular flexibility index (Phi) is 2.79. The summed E-state index contributed by atoms with van der Waals surface area (Å²) >= 11 is 0. The van der Waals surface area contributed by atoms with E-state index in [9.17, 15) is 9.18 Å². The van der Waals surface area contributed by atoms with Crippen molar-refractivity contribution in [3.63, 3.8) is 0 Å². The van der Waals surface area contributed by atoms with E-state index >= 15 is 0 Å². The zero-order valence-electron chi connectivity index (χ0n) is 7.20. The molecular weight excluding hydrogens is 177 g/mol. The molecule has 4 nitrogen and oxygen atoms in total. The second-order valence-corrected chi connectivity index (χ2v) is 2.21. The van der Waals surface area contributed by atoms with Crippen molar-refractivity contribution in [2.45, 2.75) is 0 Å². The number of halogens is 1. The first-order valence-electron chi connectivity index (χ1n) is 3.47. The van der Waals surface area contributed by atoms with E-state index in [1.807, 2.05) is 0 Å². The lowest BCUT2D eigenvalue weighted by molar-refractivity contribution is 0.0599. The number of carbonyl (C=O) groups is 1. The number of pyridine rings is 1. The normalized spacial score (nSPS) is 9.46. The molecule has 0 aliphatic rings. The zero-order chi connectivity index (χ0) is 9.84. The van der Waals surface area contributed by atoms with E-state index in [1.54, 1.807) is 0 Å². The highest BCUT2D eigenvalue weighted by Crippen LogP contribution is 2.11. The zero-order valence-corrected chi connectivity index (χ0v) is 7.20. The number of rotatable bonds is 2. The summed E-state index contributed by atoms with van der Waals surface area (Å²) in [5, 5.41) is 0. The van der Waals surface area contributed by atoms with Gasteiger partial charge in [0.2, 0.25) is 11.8 Å². The lowest BCUT2D eigenvalue weighted by Gasteiger charge is -2.01. The Morgan fingerprint density at radius 2 is 2.15 bits per heavy atom. The Hall–Kier alpha value is -1.65. The third-order valence-corrected chi connectivity index (χ3v) is 1.40. The molecule has 1 aromatic heterocycles. The van der Waals surface area contributed by atoms with Gasteiger partial charge in [0.05, 0.1) is 19.8 Å². The molecule has 0 saturated carbocycles. The fourth-order valence-corrected chi connectivity index (χ4v) is 0.813. The number of nitrogens with zero attached hydrogens (tertiary/aromatic N) is 1. The Bertz CT molecular complexity index is 327. The number of methoxy groups -OCH3 is 2. The van der Waals surface area contributed by atoms with Crippen LogP contribution in [-0.4, -0.2) is 25.2 Å². The molecule has 0 amide bonds. The van der Waals surface area contributed by atoms with Crippen LogP contribution in [0.4, 0.5) is 4.39 Å². The van der Waals surface area contributed by atoms with Crippen molar-refractivity contribution >= 4 is 5.97 Å². The highest BCUT2D eigenvalue weighted by Gasteiger charge is 2.09. The molecule has 0 aromatic carbocycles. The van der Waals surface area contributed by atoms with Crippen LogP contribution in [0.5, 0.6) is 5.88 Å². The molecule has 0 bridgehead atoms. The Labute approximate surface area is 74.3 Å². The molecule has 0 aliphatic carbocycles. The van der Waals surface area contributed by atoms with E-state index in [2.05, 4.69) is 14.5 Å². The fraction of sp³-hybridized carbons (Fsp3) is 0.250. The van der Waals surface area contributed by atoms with Gasteiger partial charge in [-0.05, 0) is 0 Å². The molecule has 13 heavy (non-hydrogen) atoms. The standard InChI is InChI=1S/C8H8FNO3/c1-12-7-4-5(8(11)13-2)3-6(9)10-7/h3-4H,1-2H3. The summed E-state index contributed by atoms with van der Waals surface area (Å²) in [5.74, 6) is -1.36. The summed E-state index contributed by atoms with van der Waals surface area (Å²) in [6, 6.07) is 2.28. The SMILES string of the molecule is COC(=O)c1cc(F)nc(OC)c1. The van der Waals surface area contributed by atoms with Gasteiger partial charge >= 0.3 is 5.97 Å². The van der Waals surface area contributed by atoms with Crippen molar-refractivity contribution in [2.75, 3.05) is 14.2 Å². The average molecular weight is 185 g/mol. The minimum atomic E-state index is -0.778. The quantitative estimate of drug-likeness (QED) is 0.509. The third-order valence-electron chi connectivity index (χ3n) is 1.40.